The second-order valence-electron chi connectivity index (χ2n) is 3.94. The van der Waals surface area contributed by atoms with Crippen molar-refractivity contribution in [1.29, 1.82) is 0 Å². The molecule has 0 fully saturated rings. The number of amides is 2. The molecule has 0 aromatic heterocycles. The van der Waals surface area contributed by atoms with E-state index in [-0.39, 0.29) is 24.9 Å². The number of carbonyl (C=O) groups is 1. The minimum atomic E-state index is -0.499. The third-order valence-corrected chi connectivity index (χ3v) is 2.48. The summed E-state index contributed by atoms with van der Waals surface area (Å²) in [6.07, 6.45) is 0.785. The van der Waals surface area contributed by atoms with Crippen LogP contribution in [0.4, 0.5) is 16.2 Å². The molecule has 0 bridgehead atoms. The Labute approximate surface area is 111 Å². The lowest BCUT2D eigenvalue weighted by Crippen LogP contribution is -2.37. The largest absolute Gasteiger partial charge is 0.395 e. The molecule has 104 valence electrons. The van der Waals surface area contributed by atoms with Crippen LogP contribution in [0, 0.1) is 10.1 Å². The van der Waals surface area contributed by atoms with Gasteiger partial charge in [0.2, 0.25) is 0 Å². The Morgan fingerprint density at radius 2 is 2.00 bits per heavy atom. The zero-order valence-corrected chi connectivity index (χ0v) is 10.7. The van der Waals surface area contributed by atoms with E-state index in [9.17, 15) is 14.9 Å². The van der Waals surface area contributed by atoms with Crippen molar-refractivity contribution in [2.24, 2.45) is 0 Å². The average molecular weight is 267 g/mol. The van der Waals surface area contributed by atoms with E-state index in [2.05, 4.69) is 5.32 Å². The van der Waals surface area contributed by atoms with E-state index in [0.29, 0.717) is 12.2 Å². The summed E-state index contributed by atoms with van der Waals surface area (Å²) in [5.74, 6) is 0. The maximum Gasteiger partial charge on any atom is 0.321 e. The number of aliphatic hydroxyl groups is 1. The van der Waals surface area contributed by atoms with Gasteiger partial charge in [-0.2, -0.15) is 0 Å². The molecule has 2 N–H and O–H groups in total. The van der Waals surface area contributed by atoms with Crippen LogP contribution in [-0.4, -0.2) is 40.7 Å². The van der Waals surface area contributed by atoms with Gasteiger partial charge >= 0.3 is 6.03 Å². The van der Waals surface area contributed by atoms with Crippen LogP contribution < -0.4 is 5.32 Å². The van der Waals surface area contributed by atoms with Crippen molar-refractivity contribution in [2.45, 2.75) is 13.3 Å². The van der Waals surface area contributed by atoms with Gasteiger partial charge in [-0.05, 0) is 18.6 Å². The maximum absolute atomic E-state index is 11.9. The summed E-state index contributed by atoms with van der Waals surface area (Å²) in [5.41, 5.74) is 0.452. The molecule has 1 aromatic carbocycles. The highest BCUT2D eigenvalue weighted by Crippen LogP contribution is 2.15. The molecule has 0 spiro atoms. The van der Waals surface area contributed by atoms with E-state index >= 15 is 0 Å². The lowest BCUT2D eigenvalue weighted by molar-refractivity contribution is -0.384. The quantitative estimate of drug-likeness (QED) is 0.607. The fraction of sp³-hybridized carbons (Fsp3) is 0.417. The van der Waals surface area contributed by atoms with Crippen LogP contribution in [0.2, 0.25) is 0 Å². The number of benzene rings is 1. The van der Waals surface area contributed by atoms with E-state index in [1.54, 1.807) is 0 Å². The number of carbonyl (C=O) groups excluding carboxylic acids is 1. The van der Waals surface area contributed by atoms with Gasteiger partial charge in [0.25, 0.3) is 5.69 Å². The summed E-state index contributed by atoms with van der Waals surface area (Å²) in [4.78, 5) is 23.4. The number of non-ortho nitro benzene ring substituents is 1. The third-order valence-electron chi connectivity index (χ3n) is 2.48. The van der Waals surface area contributed by atoms with Crippen LogP contribution >= 0.6 is 0 Å². The predicted octanol–water partition coefficient (Wildman–Crippen LogP) is 1.83. The van der Waals surface area contributed by atoms with Crippen LogP contribution in [0.1, 0.15) is 13.3 Å². The molecule has 19 heavy (non-hydrogen) atoms. The Hall–Kier alpha value is -2.15. The molecule has 0 saturated carbocycles. The molecule has 7 nitrogen and oxygen atoms in total. The van der Waals surface area contributed by atoms with E-state index in [4.69, 9.17) is 5.11 Å². The summed E-state index contributed by atoms with van der Waals surface area (Å²) in [6, 6.07) is 5.26. The average Bonchev–Trinajstić information content (AvgIpc) is 2.39. The first-order valence-electron chi connectivity index (χ1n) is 5.99. The molecule has 0 radical (unpaired) electrons. The lowest BCUT2D eigenvalue weighted by Gasteiger charge is -2.21. The molecule has 0 atom stereocenters. The van der Waals surface area contributed by atoms with Crippen molar-refractivity contribution in [3.8, 4) is 0 Å². The Bertz CT molecular complexity index is 427. The summed E-state index contributed by atoms with van der Waals surface area (Å²) in [5, 5.41) is 22.0. The lowest BCUT2D eigenvalue weighted by atomic mass is 10.3. The molecule has 0 aliphatic carbocycles. The van der Waals surface area contributed by atoms with Gasteiger partial charge in [-0.25, -0.2) is 4.79 Å². The fourth-order valence-electron chi connectivity index (χ4n) is 1.57. The predicted molar refractivity (Wildman–Crippen MR) is 71.1 cm³/mol. The van der Waals surface area contributed by atoms with Crippen molar-refractivity contribution in [3.63, 3.8) is 0 Å². The number of hydrogen-bond acceptors (Lipinski definition) is 4. The van der Waals surface area contributed by atoms with Crippen LogP contribution in [0.3, 0.4) is 0 Å². The molecule has 7 heteroatoms. The number of anilines is 1. The Kier molecular flexibility index (Phi) is 5.74. The molecule has 0 aliphatic rings. The van der Waals surface area contributed by atoms with Gasteiger partial charge in [0, 0.05) is 30.9 Å². The molecule has 0 aliphatic heterocycles. The smallest absolute Gasteiger partial charge is 0.321 e. The number of nitrogens with one attached hydrogen (secondary N) is 1. The van der Waals surface area contributed by atoms with E-state index in [1.807, 2.05) is 6.92 Å². The normalized spacial score (nSPS) is 10.0. The molecule has 0 saturated heterocycles. The van der Waals surface area contributed by atoms with E-state index in [1.165, 1.54) is 29.2 Å². The highest BCUT2D eigenvalue weighted by molar-refractivity contribution is 5.89. The van der Waals surface area contributed by atoms with Crippen molar-refractivity contribution < 1.29 is 14.8 Å². The number of nitro benzene ring substituents is 1. The third kappa shape index (κ3) is 4.55. The molecule has 0 unspecified atom stereocenters. The summed E-state index contributed by atoms with van der Waals surface area (Å²) < 4.78 is 0. The molecule has 0 heterocycles. The summed E-state index contributed by atoms with van der Waals surface area (Å²) in [6.45, 7) is 2.63. The van der Waals surface area contributed by atoms with Crippen LogP contribution in [0.15, 0.2) is 24.3 Å². The van der Waals surface area contributed by atoms with Gasteiger partial charge in [-0.15, -0.1) is 0 Å². The number of urea groups is 1. The minimum absolute atomic E-state index is 0.0289. The Balaban J connectivity index is 2.66. The number of aliphatic hydroxyl groups excluding tert-OH is 1. The number of nitrogens with zero attached hydrogens (tertiary/aromatic N) is 2. The summed E-state index contributed by atoms with van der Waals surface area (Å²) in [7, 11) is 0. The van der Waals surface area contributed by atoms with Crippen molar-refractivity contribution >= 4 is 17.4 Å². The SMILES string of the molecule is CCCN(CCO)C(=O)Nc1ccc([N+](=O)[O-])cc1. The second kappa shape index (κ2) is 7.32. The first-order chi connectivity index (χ1) is 9.08. The van der Waals surface area contributed by atoms with Crippen molar-refractivity contribution in [2.75, 3.05) is 25.0 Å². The number of hydrogen-bond donors (Lipinski definition) is 2. The monoisotopic (exact) mass is 267 g/mol. The van der Waals surface area contributed by atoms with Gasteiger partial charge in [-0.1, -0.05) is 6.92 Å². The Morgan fingerprint density at radius 3 is 2.47 bits per heavy atom. The highest BCUT2D eigenvalue weighted by Gasteiger charge is 2.12. The second-order valence-corrected chi connectivity index (χ2v) is 3.94. The first-order valence-corrected chi connectivity index (χ1v) is 5.99. The van der Waals surface area contributed by atoms with Gasteiger partial charge in [0.15, 0.2) is 0 Å². The Morgan fingerprint density at radius 1 is 1.37 bits per heavy atom. The van der Waals surface area contributed by atoms with Gasteiger partial charge in [0.05, 0.1) is 11.5 Å². The topological polar surface area (TPSA) is 95.7 Å². The van der Waals surface area contributed by atoms with Gasteiger partial charge in [0.1, 0.15) is 0 Å². The van der Waals surface area contributed by atoms with Crippen LogP contribution in [0.25, 0.3) is 0 Å². The summed E-state index contributed by atoms with van der Waals surface area (Å²) >= 11 is 0. The van der Waals surface area contributed by atoms with Gasteiger partial charge in [-0.3, -0.25) is 10.1 Å². The number of rotatable bonds is 6. The van der Waals surface area contributed by atoms with Crippen molar-refractivity contribution in [1.82, 2.24) is 4.90 Å². The minimum Gasteiger partial charge on any atom is -0.395 e. The van der Waals surface area contributed by atoms with Crippen LogP contribution in [-0.2, 0) is 0 Å². The molecule has 1 aromatic rings. The van der Waals surface area contributed by atoms with Gasteiger partial charge < -0.3 is 15.3 Å². The highest BCUT2D eigenvalue weighted by atomic mass is 16.6. The van der Waals surface area contributed by atoms with E-state index in [0.717, 1.165) is 6.42 Å². The van der Waals surface area contributed by atoms with Crippen molar-refractivity contribution in [3.05, 3.63) is 34.4 Å². The van der Waals surface area contributed by atoms with Crippen LogP contribution in [0.5, 0.6) is 0 Å². The molecular formula is C12H17N3O4. The standard InChI is InChI=1S/C12H17N3O4/c1-2-7-14(8-9-16)12(17)13-10-3-5-11(6-4-10)15(18)19/h3-6,16H,2,7-9H2,1H3,(H,13,17). The zero-order chi connectivity index (χ0) is 14.3. The fourth-order valence-corrected chi connectivity index (χ4v) is 1.57. The molecule has 2 amide bonds. The molecule has 1 rings (SSSR count). The number of nitro groups is 1. The molecular weight excluding hydrogens is 250 g/mol. The zero-order valence-electron chi connectivity index (χ0n) is 10.7. The van der Waals surface area contributed by atoms with E-state index < -0.39 is 4.92 Å². The first kappa shape index (κ1) is 14.9. The maximum atomic E-state index is 11.9.